The minimum absolute atomic E-state index is 0.295. The van der Waals surface area contributed by atoms with E-state index >= 15 is 0 Å². The van der Waals surface area contributed by atoms with Crippen LogP contribution >= 0.6 is 0 Å². The highest BCUT2D eigenvalue weighted by Crippen LogP contribution is 2.25. The number of carbonyl (C=O) groups is 2. The van der Waals surface area contributed by atoms with Crippen molar-refractivity contribution in [2.24, 2.45) is 4.99 Å². The molecule has 1 aliphatic carbocycles. The van der Waals surface area contributed by atoms with E-state index in [0.29, 0.717) is 42.4 Å². The van der Waals surface area contributed by atoms with E-state index in [4.69, 9.17) is 4.74 Å². The van der Waals surface area contributed by atoms with Crippen LogP contribution in [0.2, 0.25) is 0 Å². The molecule has 7 heteroatoms. The zero-order valence-corrected chi connectivity index (χ0v) is 17.7. The Morgan fingerprint density at radius 3 is 2.29 bits per heavy atom. The molecule has 0 radical (unpaired) electrons. The number of carbonyl (C=O) groups excluding carboxylic acids is 2. The molecule has 2 aliphatic rings. The number of hydrogen-bond donors (Lipinski definition) is 1. The van der Waals surface area contributed by atoms with Gasteiger partial charge in [-0.2, -0.15) is 0 Å². The van der Waals surface area contributed by atoms with Gasteiger partial charge in [0.05, 0.1) is 12.2 Å². The highest BCUT2D eigenvalue weighted by molar-refractivity contribution is 5.88. The molecule has 1 aliphatic heterocycles. The zero-order chi connectivity index (χ0) is 20.5. The fourth-order valence-electron chi connectivity index (χ4n) is 4.10. The van der Waals surface area contributed by atoms with Gasteiger partial charge >= 0.3 is 5.97 Å². The Hall–Kier alpha value is -1.89. The number of aliphatic imine (C=N–C) groups is 1. The predicted octanol–water partition coefficient (Wildman–Crippen LogP) is 2.33. The first-order chi connectivity index (χ1) is 13.5. The topological polar surface area (TPSA) is 74.2 Å². The van der Waals surface area contributed by atoms with Crippen molar-refractivity contribution in [3.05, 3.63) is 11.4 Å². The number of amides is 1. The Labute approximate surface area is 169 Å². The van der Waals surface area contributed by atoms with E-state index in [1.165, 1.54) is 0 Å². The van der Waals surface area contributed by atoms with Crippen LogP contribution in [0.25, 0.3) is 0 Å². The first-order valence-electron chi connectivity index (χ1n) is 10.6. The maximum atomic E-state index is 12.0. The summed E-state index contributed by atoms with van der Waals surface area (Å²) < 4.78 is 5.05. The van der Waals surface area contributed by atoms with Crippen LogP contribution in [0.5, 0.6) is 0 Å². The maximum Gasteiger partial charge on any atom is 0.337 e. The Morgan fingerprint density at radius 2 is 1.75 bits per heavy atom. The second-order valence-corrected chi connectivity index (χ2v) is 7.67. The van der Waals surface area contributed by atoms with E-state index in [1.54, 1.807) is 13.8 Å². The highest BCUT2D eigenvalue weighted by Gasteiger charge is 2.29. The molecule has 1 heterocycles. The number of rotatable bonds is 8. The van der Waals surface area contributed by atoms with E-state index in [1.807, 2.05) is 4.90 Å². The second-order valence-electron chi connectivity index (χ2n) is 7.67. The van der Waals surface area contributed by atoms with Crippen LogP contribution in [0, 0.1) is 0 Å². The van der Waals surface area contributed by atoms with Crippen molar-refractivity contribution < 1.29 is 14.3 Å². The van der Waals surface area contributed by atoms with Crippen LogP contribution in [0.3, 0.4) is 0 Å². The summed E-state index contributed by atoms with van der Waals surface area (Å²) in [5, 5.41) is 3.38. The van der Waals surface area contributed by atoms with Crippen molar-refractivity contribution in [3.63, 3.8) is 0 Å². The van der Waals surface area contributed by atoms with E-state index in [-0.39, 0.29) is 5.97 Å². The van der Waals surface area contributed by atoms with Crippen LogP contribution in [0.1, 0.15) is 59.3 Å². The van der Waals surface area contributed by atoms with Gasteiger partial charge in [-0.25, -0.2) is 9.79 Å². The lowest BCUT2D eigenvalue weighted by Gasteiger charge is -2.42. The molecule has 2 rings (SSSR count). The molecule has 0 aromatic rings. The van der Waals surface area contributed by atoms with Gasteiger partial charge in [0.1, 0.15) is 5.82 Å². The molecular formula is C21H36N4O3. The monoisotopic (exact) mass is 392 g/mol. The Kier molecular flexibility index (Phi) is 8.96. The lowest BCUT2D eigenvalue weighted by molar-refractivity contribution is -0.138. The lowest BCUT2D eigenvalue weighted by Crippen LogP contribution is -2.53. The third-order valence-corrected chi connectivity index (χ3v) is 5.78. The normalized spacial score (nSPS) is 24.3. The summed E-state index contributed by atoms with van der Waals surface area (Å²) in [6.45, 7) is 13.2. The van der Waals surface area contributed by atoms with Crippen molar-refractivity contribution in [1.29, 1.82) is 0 Å². The van der Waals surface area contributed by atoms with Gasteiger partial charge in [0.15, 0.2) is 0 Å². The third kappa shape index (κ3) is 6.06. The fraction of sp³-hybridized carbons (Fsp3) is 0.762. The molecule has 0 spiro atoms. The summed E-state index contributed by atoms with van der Waals surface area (Å²) in [5.74, 6) is 0.481. The molecule has 1 N–H and O–H groups in total. The first kappa shape index (κ1) is 22.4. The summed E-state index contributed by atoms with van der Waals surface area (Å²) in [7, 11) is 0. The molecule has 0 atom stereocenters. The van der Waals surface area contributed by atoms with Crippen molar-refractivity contribution in [3.8, 4) is 0 Å². The van der Waals surface area contributed by atoms with Crippen LogP contribution in [0.4, 0.5) is 0 Å². The Balaban J connectivity index is 1.80. The van der Waals surface area contributed by atoms with Crippen molar-refractivity contribution in [2.45, 2.75) is 71.4 Å². The van der Waals surface area contributed by atoms with Gasteiger partial charge in [-0.15, -0.1) is 0 Å². The van der Waals surface area contributed by atoms with Crippen molar-refractivity contribution in [2.75, 3.05) is 32.8 Å². The summed E-state index contributed by atoms with van der Waals surface area (Å²) in [5.41, 5.74) is 0.479. The van der Waals surface area contributed by atoms with Crippen molar-refractivity contribution >= 4 is 18.6 Å². The molecule has 1 saturated heterocycles. The van der Waals surface area contributed by atoms with E-state index in [9.17, 15) is 9.59 Å². The molecule has 1 saturated carbocycles. The molecule has 0 bridgehead atoms. The average Bonchev–Trinajstić information content (AvgIpc) is 2.72. The molecule has 7 nitrogen and oxygen atoms in total. The predicted molar refractivity (Wildman–Crippen MR) is 111 cm³/mol. The van der Waals surface area contributed by atoms with Gasteiger partial charge in [0.2, 0.25) is 5.91 Å². The van der Waals surface area contributed by atoms with Gasteiger partial charge in [-0.1, -0.05) is 6.92 Å². The largest absolute Gasteiger partial charge is 0.463 e. The van der Waals surface area contributed by atoms with Crippen LogP contribution in [0.15, 0.2) is 16.4 Å². The molecular weight excluding hydrogens is 356 g/mol. The number of hydrogen-bond acceptors (Lipinski definition) is 6. The van der Waals surface area contributed by atoms with Crippen LogP contribution in [-0.4, -0.2) is 73.3 Å². The second kappa shape index (κ2) is 11.2. The minimum Gasteiger partial charge on any atom is -0.463 e. The van der Waals surface area contributed by atoms with Crippen molar-refractivity contribution in [1.82, 2.24) is 15.1 Å². The Bertz CT molecular complexity index is 574. The van der Waals surface area contributed by atoms with E-state index < -0.39 is 0 Å². The summed E-state index contributed by atoms with van der Waals surface area (Å²) in [6, 6.07) is 0.880. The molecule has 2 fully saturated rings. The molecule has 1 amide bonds. The number of nitrogens with zero attached hydrogens (tertiary/aromatic N) is 3. The minimum atomic E-state index is -0.346. The SMILES string of the molecule is C=N/C(NC1CCC(N2CCN(C(=O)CCC)CC2)CC1)=C(\C)C(=O)OCC. The third-order valence-electron chi connectivity index (χ3n) is 5.78. The maximum absolute atomic E-state index is 12.0. The fourth-order valence-corrected chi connectivity index (χ4v) is 4.10. The average molecular weight is 393 g/mol. The van der Waals surface area contributed by atoms with Gasteiger partial charge in [-0.05, 0) is 52.7 Å². The van der Waals surface area contributed by atoms with Gasteiger partial charge < -0.3 is 15.0 Å². The zero-order valence-electron chi connectivity index (χ0n) is 17.7. The lowest BCUT2D eigenvalue weighted by atomic mass is 9.89. The number of ether oxygens (including phenoxy) is 1. The van der Waals surface area contributed by atoms with Gasteiger partial charge in [0, 0.05) is 44.7 Å². The number of esters is 1. The summed E-state index contributed by atoms with van der Waals surface area (Å²) in [6.07, 6.45) is 5.88. The summed E-state index contributed by atoms with van der Waals surface area (Å²) in [4.78, 5) is 32.5. The Morgan fingerprint density at radius 1 is 1.11 bits per heavy atom. The molecule has 0 aromatic heterocycles. The first-order valence-corrected chi connectivity index (χ1v) is 10.6. The molecule has 0 aromatic carbocycles. The van der Waals surface area contributed by atoms with Gasteiger partial charge in [0.25, 0.3) is 0 Å². The van der Waals surface area contributed by atoms with Crippen LogP contribution < -0.4 is 5.32 Å². The quantitative estimate of drug-likeness (QED) is 0.390. The standard InChI is InChI=1S/C21H36N4O3/c1-5-7-19(26)25-14-12-24(13-15-25)18-10-8-17(9-11-18)23-20(22-4)16(3)21(27)28-6-2/h17-18,23H,4-15H2,1-3H3/b20-16-. The smallest absolute Gasteiger partial charge is 0.337 e. The number of piperazine rings is 1. The highest BCUT2D eigenvalue weighted by atomic mass is 16.5. The number of nitrogens with one attached hydrogen (secondary N) is 1. The summed E-state index contributed by atoms with van der Waals surface area (Å²) >= 11 is 0. The molecule has 28 heavy (non-hydrogen) atoms. The van der Waals surface area contributed by atoms with E-state index in [2.05, 4.69) is 28.9 Å². The van der Waals surface area contributed by atoms with Crippen LogP contribution in [-0.2, 0) is 14.3 Å². The van der Waals surface area contributed by atoms with E-state index in [0.717, 1.165) is 58.3 Å². The molecule has 0 unspecified atom stereocenters. The van der Waals surface area contributed by atoms with Gasteiger partial charge in [-0.3, -0.25) is 9.69 Å². The molecule has 158 valence electrons.